The molecule has 0 bridgehead atoms. The Morgan fingerprint density at radius 1 is 1.09 bits per heavy atom. The van der Waals surface area contributed by atoms with Crippen molar-refractivity contribution < 1.29 is 27.4 Å². The van der Waals surface area contributed by atoms with Gasteiger partial charge in [0.05, 0.1) is 21.3 Å². The van der Waals surface area contributed by atoms with Crippen LogP contribution in [0.25, 0.3) is 0 Å². The monoisotopic (exact) mass is 345 g/mol. The molecule has 0 atom stereocenters. The molecule has 8 heteroatoms. The molecule has 2 N–H and O–H groups in total. The summed E-state index contributed by atoms with van der Waals surface area (Å²) >= 11 is 0. The normalized spacial score (nSPS) is 11.1. The van der Waals surface area contributed by atoms with E-state index in [4.69, 9.17) is 19.9 Å². The van der Waals surface area contributed by atoms with E-state index in [-0.39, 0.29) is 11.3 Å². The zero-order valence-corrected chi connectivity index (χ0v) is 14.7. The van der Waals surface area contributed by atoms with Crippen molar-refractivity contribution in [2.45, 2.75) is 19.3 Å². The summed E-state index contributed by atoms with van der Waals surface area (Å²) in [6.07, 6.45) is 2.68. The number of methoxy groups -OCH3 is 3. The van der Waals surface area contributed by atoms with Crippen molar-refractivity contribution in [2.24, 2.45) is 5.73 Å². The average Bonchev–Trinajstić information content (AvgIpc) is 2.48. The van der Waals surface area contributed by atoms with Gasteiger partial charge in [-0.15, -0.1) is 0 Å². The maximum Gasteiger partial charge on any atom is 0.249 e. The molecule has 1 rings (SSSR count). The van der Waals surface area contributed by atoms with Gasteiger partial charge < -0.3 is 19.9 Å². The highest BCUT2D eigenvalue weighted by molar-refractivity contribution is 7.90. The number of amides is 1. The molecule has 130 valence electrons. The van der Waals surface area contributed by atoms with Crippen molar-refractivity contribution in [3.05, 3.63) is 17.2 Å². The highest BCUT2D eigenvalue weighted by Crippen LogP contribution is 2.42. The lowest BCUT2D eigenvalue weighted by Gasteiger charge is -2.18. The number of nitrogens with two attached hydrogens (primary N) is 1. The Morgan fingerprint density at radius 2 is 1.70 bits per heavy atom. The summed E-state index contributed by atoms with van der Waals surface area (Å²) in [5.41, 5.74) is 6.31. The smallest absolute Gasteiger partial charge is 0.249 e. The lowest BCUT2D eigenvalue weighted by atomic mass is 9.99. The molecule has 1 amide bonds. The van der Waals surface area contributed by atoms with Crippen LogP contribution in [0.3, 0.4) is 0 Å². The van der Waals surface area contributed by atoms with Crippen LogP contribution in [-0.2, 0) is 16.3 Å². The molecule has 0 aliphatic rings. The van der Waals surface area contributed by atoms with Gasteiger partial charge in [0.25, 0.3) is 0 Å². The molecule has 0 aliphatic heterocycles. The molecule has 0 saturated heterocycles. The highest BCUT2D eigenvalue weighted by Gasteiger charge is 2.22. The Labute approximate surface area is 136 Å². The van der Waals surface area contributed by atoms with Crippen LogP contribution in [0.5, 0.6) is 17.2 Å². The number of rotatable bonds is 9. The molecule has 0 aliphatic carbocycles. The standard InChI is InChI=1S/C15H23NO6S/c1-20-12-9-11(15(16)17)10(13(21-2)14(12)22-3)7-5-6-8-23(4,18)19/h9H,5-8H2,1-4H3,(H2,16,17). The SMILES string of the molecule is COc1cc(C(N)=O)c(CCCCS(C)(=O)=O)c(OC)c1OC. The van der Waals surface area contributed by atoms with Gasteiger partial charge in [0.2, 0.25) is 11.7 Å². The number of sulfone groups is 1. The van der Waals surface area contributed by atoms with Crippen LogP contribution in [-0.4, -0.2) is 47.7 Å². The largest absolute Gasteiger partial charge is 0.493 e. The minimum Gasteiger partial charge on any atom is -0.493 e. The minimum atomic E-state index is -3.01. The van der Waals surface area contributed by atoms with E-state index in [0.717, 1.165) is 0 Å². The van der Waals surface area contributed by atoms with E-state index in [1.165, 1.54) is 33.7 Å². The van der Waals surface area contributed by atoms with Crippen molar-refractivity contribution in [3.8, 4) is 17.2 Å². The number of carbonyl (C=O) groups is 1. The number of hydrogen-bond donors (Lipinski definition) is 1. The third-order valence-corrected chi connectivity index (χ3v) is 4.42. The molecule has 0 radical (unpaired) electrons. The molecule has 0 saturated carbocycles. The summed E-state index contributed by atoms with van der Waals surface area (Å²) < 4.78 is 38.2. The Morgan fingerprint density at radius 3 is 2.13 bits per heavy atom. The minimum absolute atomic E-state index is 0.0918. The molecule has 23 heavy (non-hydrogen) atoms. The van der Waals surface area contributed by atoms with Crippen LogP contribution in [0.2, 0.25) is 0 Å². The number of primary amides is 1. The van der Waals surface area contributed by atoms with E-state index >= 15 is 0 Å². The zero-order chi connectivity index (χ0) is 17.6. The zero-order valence-electron chi connectivity index (χ0n) is 13.8. The van der Waals surface area contributed by atoms with Crippen LogP contribution in [0.1, 0.15) is 28.8 Å². The van der Waals surface area contributed by atoms with Crippen molar-refractivity contribution >= 4 is 15.7 Å². The molecule has 7 nitrogen and oxygen atoms in total. The second-order valence-corrected chi connectivity index (χ2v) is 7.38. The summed E-state index contributed by atoms with van der Waals surface area (Å²) in [4.78, 5) is 11.7. The predicted octanol–water partition coefficient (Wildman–Crippen LogP) is 1.18. The van der Waals surface area contributed by atoms with Crippen molar-refractivity contribution in [1.29, 1.82) is 0 Å². The van der Waals surface area contributed by atoms with Gasteiger partial charge in [0.15, 0.2) is 11.5 Å². The van der Waals surface area contributed by atoms with E-state index < -0.39 is 15.7 Å². The molecule has 1 aromatic rings. The van der Waals surface area contributed by atoms with Gasteiger partial charge >= 0.3 is 0 Å². The van der Waals surface area contributed by atoms with E-state index in [1.807, 2.05) is 0 Å². The Hall–Kier alpha value is -1.96. The predicted molar refractivity (Wildman–Crippen MR) is 87.3 cm³/mol. The topological polar surface area (TPSA) is 105 Å². The number of carbonyl (C=O) groups excluding carboxylic acids is 1. The molecule has 1 aromatic carbocycles. The molecule has 0 heterocycles. The highest BCUT2D eigenvalue weighted by atomic mass is 32.2. The van der Waals surface area contributed by atoms with Crippen LogP contribution in [0.4, 0.5) is 0 Å². The Kier molecular flexibility index (Phi) is 6.68. The van der Waals surface area contributed by atoms with Gasteiger partial charge in [-0.25, -0.2) is 8.42 Å². The lowest BCUT2D eigenvalue weighted by Crippen LogP contribution is -2.16. The van der Waals surface area contributed by atoms with Crippen LogP contribution < -0.4 is 19.9 Å². The van der Waals surface area contributed by atoms with Gasteiger partial charge in [0.1, 0.15) is 9.84 Å². The number of ether oxygens (including phenoxy) is 3. The van der Waals surface area contributed by atoms with Crippen LogP contribution >= 0.6 is 0 Å². The van der Waals surface area contributed by atoms with E-state index in [0.29, 0.717) is 42.1 Å². The summed E-state index contributed by atoms with van der Waals surface area (Å²) in [5.74, 6) is 0.577. The second kappa shape index (κ2) is 8.05. The first kappa shape index (κ1) is 19.1. The van der Waals surface area contributed by atoms with Crippen molar-refractivity contribution in [1.82, 2.24) is 0 Å². The second-order valence-electron chi connectivity index (χ2n) is 5.12. The summed E-state index contributed by atoms with van der Waals surface area (Å²) in [5, 5.41) is 0. The molecule has 0 unspecified atom stereocenters. The van der Waals surface area contributed by atoms with Gasteiger partial charge in [-0.3, -0.25) is 4.79 Å². The molecule has 0 fully saturated rings. The Balaban J connectivity index is 3.19. The third-order valence-electron chi connectivity index (χ3n) is 3.39. The van der Waals surface area contributed by atoms with Gasteiger partial charge in [-0.1, -0.05) is 0 Å². The molecule has 0 spiro atoms. The first-order valence-electron chi connectivity index (χ1n) is 7.04. The van der Waals surface area contributed by atoms with E-state index in [1.54, 1.807) is 0 Å². The number of benzene rings is 1. The van der Waals surface area contributed by atoms with E-state index in [2.05, 4.69) is 0 Å². The summed E-state index contributed by atoms with van der Waals surface area (Å²) in [7, 11) is 1.37. The fourth-order valence-corrected chi connectivity index (χ4v) is 3.08. The number of unbranched alkanes of at least 4 members (excludes halogenated alkanes) is 1. The first-order valence-corrected chi connectivity index (χ1v) is 9.10. The first-order chi connectivity index (χ1) is 10.7. The maximum atomic E-state index is 11.7. The van der Waals surface area contributed by atoms with Crippen LogP contribution in [0.15, 0.2) is 6.07 Å². The third kappa shape index (κ3) is 5.02. The molecule has 0 aromatic heterocycles. The number of hydrogen-bond acceptors (Lipinski definition) is 6. The van der Waals surface area contributed by atoms with E-state index in [9.17, 15) is 13.2 Å². The Bertz CT molecular complexity index is 669. The maximum absolute atomic E-state index is 11.7. The van der Waals surface area contributed by atoms with Gasteiger partial charge in [-0.2, -0.15) is 0 Å². The lowest BCUT2D eigenvalue weighted by molar-refractivity contribution is 0.0998. The summed E-state index contributed by atoms with van der Waals surface area (Å²) in [6, 6.07) is 1.51. The molecular weight excluding hydrogens is 322 g/mol. The fraction of sp³-hybridized carbons (Fsp3) is 0.533. The van der Waals surface area contributed by atoms with Gasteiger partial charge in [-0.05, 0) is 25.3 Å². The van der Waals surface area contributed by atoms with Crippen LogP contribution in [0, 0.1) is 0 Å². The summed E-state index contributed by atoms with van der Waals surface area (Å²) in [6.45, 7) is 0. The van der Waals surface area contributed by atoms with Crippen molar-refractivity contribution in [2.75, 3.05) is 33.3 Å². The average molecular weight is 345 g/mol. The van der Waals surface area contributed by atoms with Crippen molar-refractivity contribution in [3.63, 3.8) is 0 Å². The quantitative estimate of drug-likeness (QED) is 0.674. The van der Waals surface area contributed by atoms with Gasteiger partial charge in [0, 0.05) is 23.1 Å². The fourth-order valence-electron chi connectivity index (χ4n) is 2.35. The molecular formula is C15H23NO6S.